The van der Waals surface area contributed by atoms with Gasteiger partial charge in [0.15, 0.2) is 0 Å². The van der Waals surface area contributed by atoms with E-state index in [0.717, 1.165) is 13.1 Å². The van der Waals surface area contributed by atoms with Crippen LogP contribution in [0.3, 0.4) is 0 Å². The molecule has 0 bridgehead atoms. The first kappa shape index (κ1) is 13.4. The van der Waals surface area contributed by atoms with E-state index in [1.54, 1.807) is 12.0 Å². The molecule has 0 saturated carbocycles. The quantitative estimate of drug-likeness (QED) is 0.605. The van der Waals surface area contributed by atoms with Crippen LogP contribution in [-0.2, 0) is 9.53 Å². The van der Waals surface area contributed by atoms with Crippen LogP contribution in [-0.4, -0.2) is 51.2 Å². The average Bonchev–Trinajstić information content (AvgIpc) is 2.11. The van der Waals surface area contributed by atoms with Gasteiger partial charge in [-0.15, -0.1) is 0 Å². The molecular formula is C10H22N2O2. The fourth-order valence-corrected chi connectivity index (χ4v) is 1.15. The summed E-state index contributed by atoms with van der Waals surface area (Å²) in [5.41, 5.74) is 0. The Hall–Kier alpha value is -0.610. The molecule has 0 unspecified atom stereocenters. The molecule has 0 fully saturated rings. The average molecular weight is 202 g/mol. The zero-order valence-corrected chi connectivity index (χ0v) is 9.67. The molecule has 0 aromatic rings. The fraction of sp³-hybridized carbons (Fsp3) is 0.900. The van der Waals surface area contributed by atoms with Crippen molar-refractivity contribution in [3.05, 3.63) is 0 Å². The lowest BCUT2D eigenvalue weighted by Crippen LogP contribution is -2.38. The number of amides is 1. The van der Waals surface area contributed by atoms with Gasteiger partial charge in [-0.25, -0.2) is 0 Å². The molecule has 14 heavy (non-hydrogen) atoms. The van der Waals surface area contributed by atoms with Crippen molar-refractivity contribution in [3.63, 3.8) is 0 Å². The third-order valence-electron chi connectivity index (χ3n) is 1.82. The van der Waals surface area contributed by atoms with Crippen molar-refractivity contribution in [2.75, 3.05) is 40.4 Å². The van der Waals surface area contributed by atoms with Crippen molar-refractivity contribution in [3.8, 4) is 0 Å². The van der Waals surface area contributed by atoms with E-state index in [4.69, 9.17) is 4.74 Å². The Bertz CT molecular complexity index is 160. The number of likely N-dealkylation sites (N-methyl/N-ethyl adjacent to an activating group) is 1. The van der Waals surface area contributed by atoms with Crippen molar-refractivity contribution >= 4 is 5.91 Å². The summed E-state index contributed by atoms with van der Waals surface area (Å²) in [5.74, 6) is 0.651. The largest absolute Gasteiger partial charge is 0.383 e. The second-order valence-electron chi connectivity index (χ2n) is 3.84. The molecule has 0 aromatic carbocycles. The summed E-state index contributed by atoms with van der Waals surface area (Å²) in [4.78, 5) is 13.2. The summed E-state index contributed by atoms with van der Waals surface area (Å²) in [7, 11) is 3.48. The third-order valence-corrected chi connectivity index (χ3v) is 1.82. The highest BCUT2D eigenvalue weighted by Gasteiger charge is 2.08. The van der Waals surface area contributed by atoms with Gasteiger partial charge in [-0.2, -0.15) is 0 Å². The first-order valence-corrected chi connectivity index (χ1v) is 5.01. The van der Waals surface area contributed by atoms with Crippen LogP contribution in [0.25, 0.3) is 0 Å². The van der Waals surface area contributed by atoms with Gasteiger partial charge in [0.25, 0.3) is 0 Å². The van der Waals surface area contributed by atoms with Crippen LogP contribution in [0.1, 0.15) is 13.8 Å². The summed E-state index contributed by atoms with van der Waals surface area (Å²) in [6.45, 7) is 6.76. The second kappa shape index (κ2) is 7.76. The van der Waals surface area contributed by atoms with Crippen LogP contribution in [0.2, 0.25) is 0 Å². The maximum Gasteiger partial charge on any atom is 0.236 e. The van der Waals surface area contributed by atoms with E-state index in [1.807, 2.05) is 7.05 Å². The Morgan fingerprint density at radius 3 is 2.64 bits per heavy atom. The van der Waals surface area contributed by atoms with Crippen LogP contribution in [0, 0.1) is 5.92 Å². The minimum Gasteiger partial charge on any atom is -0.383 e. The van der Waals surface area contributed by atoms with Gasteiger partial charge < -0.3 is 15.0 Å². The summed E-state index contributed by atoms with van der Waals surface area (Å²) >= 11 is 0. The number of nitrogens with one attached hydrogen (secondary N) is 1. The Morgan fingerprint density at radius 2 is 2.14 bits per heavy atom. The van der Waals surface area contributed by atoms with Crippen LogP contribution in [0.15, 0.2) is 0 Å². The molecule has 0 aromatic heterocycles. The molecule has 4 heteroatoms. The molecule has 0 rings (SSSR count). The summed E-state index contributed by atoms with van der Waals surface area (Å²) in [6, 6.07) is 0. The minimum atomic E-state index is 0.134. The molecule has 0 aliphatic carbocycles. The van der Waals surface area contributed by atoms with E-state index in [-0.39, 0.29) is 5.91 Å². The highest BCUT2D eigenvalue weighted by molar-refractivity contribution is 5.77. The number of hydrogen-bond donors (Lipinski definition) is 1. The lowest BCUT2D eigenvalue weighted by Gasteiger charge is -2.19. The number of nitrogens with zero attached hydrogens (tertiary/aromatic N) is 1. The first-order valence-electron chi connectivity index (χ1n) is 5.01. The molecule has 0 heterocycles. The molecule has 0 aliphatic rings. The van der Waals surface area contributed by atoms with Gasteiger partial charge in [-0.05, 0) is 5.92 Å². The predicted octanol–water partition coefficient (Wildman–Crippen LogP) is 0.337. The number of carbonyl (C=O) groups excluding carboxylic acids is 1. The maximum atomic E-state index is 11.5. The number of ether oxygens (including phenoxy) is 1. The molecule has 0 atom stereocenters. The summed E-state index contributed by atoms with van der Waals surface area (Å²) < 4.78 is 4.86. The molecule has 84 valence electrons. The normalized spacial score (nSPS) is 10.6. The van der Waals surface area contributed by atoms with E-state index in [1.165, 1.54) is 0 Å². The van der Waals surface area contributed by atoms with E-state index < -0.39 is 0 Å². The lowest BCUT2D eigenvalue weighted by molar-refractivity contribution is -0.129. The summed E-state index contributed by atoms with van der Waals surface area (Å²) in [5, 5.41) is 3.02. The van der Waals surface area contributed by atoms with Crippen LogP contribution >= 0.6 is 0 Å². The van der Waals surface area contributed by atoms with E-state index in [9.17, 15) is 4.79 Å². The van der Waals surface area contributed by atoms with Gasteiger partial charge in [0.2, 0.25) is 5.91 Å². The number of rotatable bonds is 7. The Kier molecular flexibility index (Phi) is 7.42. The van der Waals surface area contributed by atoms with Gasteiger partial charge in [0, 0.05) is 27.2 Å². The standard InChI is InChI=1S/C10H22N2O2/c1-9(2)8-12(3)10(13)7-11-5-6-14-4/h9,11H,5-8H2,1-4H3. The van der Waals surface area contributed by atoms with Crippen LogP contribution in [0.4, 0.5) is 0 Å². The molecule has 1 N–H and O–H groups in total. The molecular weight excluding hydrogens is 180 g/mol. The third kappa shape index (κ3) is 6.86. The Labute approximate surface area is 86.6 Å². The topological polar surface area (TPSA) is 41.6 Å². The number of methoxy groups -OCH3 is 1. The SMILES string of the molecule is COCCNCC(=O)N(C)CC(C)C. The molecule has 0 radical (unpaired) electrons. The van der Waals surface area contributed by atoms with Gasteiger partial charge >= 0.3 is 0 Å². The van der Waals surface area contributed by atoms with E-state index >= 15 is 0 Å². The summed E-state index contributed by atoms with van der Waals surface area (Å²) in [6.07, 6.45) is 0. The van der Waals surface area contributed by atoms with E-state index in [2.05, 4.69) is 19.2 Å². The number of carbonyl (C=O) groups is 1. The van der Waals surface area contributed by atoms with Crippen molar-refractivity contribution in [2.24, 2.45) is 5.92 Å². The Morgan fingerprint density at radius 1 is 1.50 bits per heavy atom. The first-order chi connectivity index (χ1) is 6.57. The molecule has 0 saturated heterocycles. The highest BCUT2D eigenvalue weighted by Crippen LogP contribution is 1.95. The highest BCUT2D eigenvalue weighted by atomic mass is 16.5. The van der Waals surface area contributed by atoms with Gasteiger partial charge in [0.1, 0.15) is 0 Å². The van der Waals surface area contributed by atoms with Crippen molar-refractivity contribution < 1.29 is 9.53 Å². The fourth-order valence-electron chi connectivity index (χ4n) is 1.15. The maximum absolute atomic E-state index is 11.5. The van der Waals surface area contributed by atoms with Crippen LogP contribution < -0.4 is 5.32 Å². The lowest BCUT2D eigenvalue weighted by atomic mass is 10.2. The zero-order valence-electron chi connectivity index (χ0n) is 9.67. The van der Waals surface area contributed by atoms with Gasteiger partial charge in [-0.3, -0.25) is 4.79 Å². The van der Waals surface area contributed by atoms with Gasteiger partial charge in [0.05, 0.1) is 13.2 Å². The second-order valence-corrected chi connectivity index (χ2v) is 3.84. The zero-order chi connectivity index (χ0) is 11.0. The molecule has 0 aliphatic heterocycles. The van der Waals surface area contributed by atoms with E-state index in [0.29, 0.717) is 19.1 Å². The van der Waals surface area contributed by atoms with Crippen molar-refractivity contribution in [1.82, 2.24) is 10.2 Å². The monoisotopic (exact) mass is 202 g/mol. The molecule has 1 amide bonds. The van der Waals surface area contributed by atoms with Gasteiger partial charge in [-0.1, -0.05) is 13.8 Å². The Balaban J connectivity index is 3.52. The number of hydrogen-bond acceptors (Lipinski definition) is 3. The molecule has 0 spiro atoms. The smallest absolute Gasteiger partial charge is 0.236 e. The minimum absolute atomic E-state index is 0.134. The van der Waals surface area contributed by atoms with Crippen molar-refractivity contribution in [1.29, 1.82) is 0 Å². The molecule has 4 nitrogen and oxygen atoms in total. The predicted molar refractivity (Wildman–Crippen MR) is 57.2 cm³/mol. The van der Waals surface area contributed by atoms with Crippen LogP contribution in [0.5, 0.6) is 0 Å². The van der Waals surface area contributed by atoms with Crippen molar-refractivity contribution in [2.45, 2.75) is 13.8 Å².